The lowest BCUT2D eigenvalue weighted by molar-refractivity contribution is -0.167. The molecule has 67 heavy (non-hydrogen) atoms. The van der Waals surface area contributed by atoms with Crippen LogP contribution in [0.3, 0.4) is 0 Å². The van der Waals surface area contributed by atoms with E-state index in [4.69, 9.17) is 14.2 Å². The second-order valence-electron chi connectivity index (χ2n) is 20.6. The van der Waals surface area contributed by atoms with E-state index in [1.807, 2.05) is 0 Å². The van der Waals surface area contributed by atoms with Gasteiger partial charge in [0, 0.05) is 19.3 Å². The van der Waals surface area contributed by atoms with Gasteiger partial charge in [-0.05, 0) is 38.5 Å². The lowest BCUT2D eigenvalue weighted by Crippen LogP contribution is -2.30. The smallest absolute Gasteiger partial charge is 0.306 e. The van der Waals surface area contributed by atoms with Gasteiger partial charge in [-0.15, -0.1) is 0 Å². The van der Waals surface area contributed by atoms with Crippen LogP contribution >= 0.6 is 0 Å². The molecule has 0 rings (SSSR count). The molecular weight excluding hydrogens is 829 g/mol. The van der Waals surface area contributed by atoms with Crippen LogP contribution in [0.1, 0.15) is 342 Å². The van der Waals surface area contributed by atoms with Crippen molar-refractivity contribution in [2.24, 2.45) is 0 Å². The summed E-state index contributed by atoms with van der Waals surface area (Å²) in [4.78, 5) is 37.7. The number of carbonyl (C=O) groups excluding carboxylic acids is 3. The standard InChI is InChI=1S/C61H116O6/c1-4-7-10-13-16-18-20-21-22-23-24-25-26-27-28-29-30-31-32-33-34-35-36-37-38-39-40-41-42-44-45-48-51-54-60(63)66-57-58(56-65-59(62)53-50-47-15-12-9-6-3)67-61(64)55-52-49-46-43-19-17-14-11-8-5-2/h11,14,58H,4-10,12-13,15-57H2,1-3H3/b14-11-. The van der Waals surface area contributed by atoms with Crippen molar-refractivity contribution in [3.8, 4) is 0 Å². The predicted octanol–water partition coefficient (Wildman–Crippen LogP) is 20.1. The lowest BCUT2D eigenvalue weighted by Gasteiger charge is -2.18. The number of hydrogen-bond donors (Lipinski definition) is 0. The van der Waals surface area contributed by atoms with Crippen molar-refractivity contribution < 1.29 is 28.6 Å². The molecule has 6 heteroatoms. The third-order valence-corrected chi connectivity index (χ3v) is 13.8. The van der Waals surface area contributed by atoms with Crippen LogP contribution in [0.5, 0.6) is 0 Å². The average molecular weight is 946 g/mol. The van der Waals surface area contributed by atoms with Gasteiger partial charge < -0.3 is 14.2 Å². The molecule has 0 saturated heterocycles. The summed E-state index contributed by atoms with van der Waals surface area (Å²) >= 11 is 0. The Morgan fingerprint density at radius 1 is 0.284 bits per heavy atom. The van der Waals surface area contributed by atoms with Gasteiger partial charge in [-0.2, -0.15) is 0 Å². The topological polar surface area (TPSA) is 78.9 Å². The maximum Gasteiger partial charge on any atom is 0.306 e. The summed E-state index contributed by atoms with van der Waals surface area (Å²) in [5.41, 5.74) is 0. The molecule has 0 N–H and O–H groups in total. The average Bonchev–Trinajstić information content (AvgIpc) is 3.33. The zero-order chi connectivity index (χ0) is 48.6. The number of hydrogen-bond acceptors (Lipinski definition) is 6. The highest BCUT2D eigenvalue weighted by molar-refractivity contribution is 5.71. The highest BCUT2D eigenvalue weighted by Gasteiger charge is 2.19. The summed E-state index contributed by atoms with van der Waals surface area (Å²) in [6, 6.07) is 0. The highest BCUT2D eigenvalue weighted by Crippen LogP contribution is 2.18. The van der Waals surface area contributed by atoms with Crippen molar-refractivity contribution in [1.29, 1.82) is 0 Å². The van der Waals surface area contributed by atoms with E-state index in [-0.39, 0.29) is 31.1 Å². The molecule has 1 unspecified atom stereocenters. The molecule has 0 amide bonds. The van der Waals surface area contributed by atoms with Gasteiger partial charge >= 0.3 is 17.9 Å². The van der Waals surface area contributed by atoms with Crippen molar-refractivity contribution >= 4 is 17.9 Å². The largest absolute Gasteiger partial charge is 0.462 e. The number of allylic oxidation sites excluding steroid dienone is 2. The van der Waals surface area contributed by atoms with E-state index in [0.717, 1.165) is 70.6 Å². The fourth-order valence-electron chi connectivity index (χ4n) is 9.21. The molecule has 0 aromatic heterocycles. The predicted molar refractivity (Wildman–Crippen MR) is 289 cm³/mol. The van der Waals surface area contributed by atoms with Gasteiger partial charge in [0.15, 0.2) is 6.10 Å². The Bertz CT molecular complexity index is 1040. The summed E-state index contributed by atoms with van der Waals surface area (Å²) in [5.74, 6) is -0.874. The van der Waals surface area contributed by atoms with E-state index in [0.29, 0.717) is 19.3 Å². The van der Waals surface area contributed by atoms with E-state index >= 15 is 0 Å². The second-order valence-corrected chi connectivity index (χ2v) is 20.6. The van der Waals surface area contributed by atoms with Crippen LogP contribution < -0.4 is 0 Å². The number of rotatable bonds is 56. The fourth-order valence-corrected chi connectivity index (χ4v) is 9.21. The van der Waals surface area contributed by atoms with Crippen LogP contribution in [0.2, 0.25) is 0 Å². The minimum Gasteiger partial charge on any atom is -0.462 e. The van der Waals surface area contributed by atoms with Crippen molar-refractivity contribution in [2.75, 3.05) is 13.2 Å². The molecule has 6 nitrogen and oxygen atoms in total. The van der Waals surface area contributed by atoms with Crippen LogP contribution in [0.4, 0.5) is 0 Å². The van der Waals surface area contributed by atoms with Gasteiger partial charge in [-0.1, -0.05) is 296 Å². The zero-order valence-corrected chi connectivity index (χ0v) is 45.5. The van der Waals surface area contributed by atoms with E-state index < -0.39 is 6.10 Å². The van der Waals surface area contributed by atoms with Crippen molar-refractivity contribution in [2.45, 2.75) is 348 Å². The molecule has 0 aromatic rings. The molecule has 0 fully saturated rings. The zero-order valence-electron chi connectivity index (χ0n) is 45.5. The van der Waals surface area contributed by atoms with Gasteiger partial charge in [0.05, 0.1) is 0 Å². The Morgan fingerprint density at radius 2 is 0.522 bits per heavy atom. The molecule has 0 aliphatic rings. The van der Waals surface area contributed by atoms with Gasteiger partial charge in [0.1, 0.15) is 13.2 Å². The first kappa shape index (κ1) is 65.1. The highest BCUT2D eigenvalue weighted by atomic mass is 16.6. The van der Waals surface area contributed by atoms with Gasteiger partial charge in [-0.3, -0.25) is 14.4 Å². The maximum atomic E-state index is 12.7. The number of carbonyl (C=O) groups is 3. The minimum absolute atomic E-state index is 0.0694. The molecule has 0 heterocycles. The van der Waals surface area contributed by atoms with Crippen molar-refractivity contribution in [1.82, 2.24) is 0 Å². The first-order chi connectivity index (χ1) is 33.0. The van der Waals surface area contributed by atoms with Crippen molar-refractivity contribution in [3.05, 3.63) is 12.2 Å². The first-order valence-corrected chi connectivity index (χ1v) is 30.2. The fraction of sp³-hybridized carbons (Fsp3) is 0.918. The number of ether oxygens (including phenoxy) is 3. The van der Waals surface area contributed by atoms with Crippen LogP contribution in [-0.2, 0) is 28.6 Å². The number of esters is 3. The number of unbranched alkanes of at least 4 members (excludes halogenated alkanes) is 43. The molecule has 0 spiro atoms. The van der Waals surface area contributed by atoms with Crippen LogP contribution in [0.15, 0.2) is 12.2 Å². The summed E-state index contributed by atoms with van der Waals surface area (Å²) in [7, 11) is 0. The van der Waals surface area contributed by atoms with Crippen molar-refractivity contribution in [3.63, 3.8) is 0 Å². The van der Waals surface area contributed by atoms with Gasteiger partial charge in [0.2, 0.25) is 0 Å². The molecular formula is C61H116O6. The molecule has 0 aliphatic heterocycles. The lowest BCUT2D eigenvalue weighted by atomic mass is 10.0. The third-order valence-electron chi connectivity index (χ3n) is 13.8. The monoisotopic (exact) mass is 945 g/mol. The van der Waals surface area contributed by atoms with Crippen LogP contribution in [0, 0.1) is 0 Å². The van der Waals surface area contributed by atoms with Gasteiger partial charge in [-0.25, -0.2) is 0 Å². The van der Waals surface area contributed by atoms with Crippen LogP contribution in [0.25, 0.3) is 0 Å². The minimum atomic E-state index is -0.766. The van der Waals surface area contributed by atoms with Crippen LogP contribution in [-0.4, -0.2) is 37.2 Å². The Kier molecular flexibility index (Phi) is 55.2. The van der Waals surface area contributed by atoms with E-state index in [1.54, 1.807) is 0 Å². The van der Waals surface area contributed by atoms with Gasteiger partial charge in [0.25, 0.3) is 0 Å². The molecule has 1 atom stereocenters. The Balaban J connectivity index is 3.80. The molecule has 0 saturated carbocycles. The Hall–Kier alpha value is -1.85. The summed E-state index contributed by atoms with van der Waals surface area (Å²) in [5, 5.41) is 0. The normalized spacial score (nSPS) is 12.0. The van der Waals surface area contributed by atoms with E-state index in [1.165, 1.54) is 231 Å². The summed E-state index contributed by atoms with van der Waals surface area (Å²) in [6.45, 7) is 6.55. The molecule has 0 aliphatic carbocycles. The van der Waals surface area contributed by atoms with E-state index in [2.05, 4.69) is 32.9 Å². The Morgan fingerprint density at radius 3 is 0.806 bits per heavy atom. The summed E-state index contributed by atoms with van der Waals surface area (Å²) in [6.07, 6.45) is 65.8. The molecule has 0 bridgehead atoms. The SMILES string of the molecule is CCC/C=C\CCCCCCCC(=O)OC(COC(=O)CCCCCCCC)COC(=O)CCCCCCCCCCCCCCCCCCCCCCCCCCCCCCCCCCC. The quantitative estimate of drug-likeness (QED) is 0.0262. The second kappa shape index (κ2) is 56.7. The van der Waals surface area contributed by atoms with E-state index in [9.17, 15) is 14.4 Å². The molecule has 396 valence electrons. The molecule has 0 radical (unpaired) electrons. The first-order valence-electron chi connectivity index (χ1n) is 30.2. The summed E-state index contributed by atoms with van der Waals surface area (Å²) < 4.78 is 16.7. The third kappa shape index (κ3) is 55.0. The Labute approximate surface area is 418 Å². The molecule has 0 aromatic carbocycles. The maximum absolute atomic E-state index is 12.7.